The van der Waals surface area contributed by atoms with Crippen LogP contribution >= 0.6 is 11.6 Å². The first kappa shape index (κ1) is 23.3. The van der Waals surface area contributed by atoms with Crippen molar-refractivity contribution in [2.24, 2.45) is 0 Å². The van der Waals surface area contributed by atoms with E-state index in [1.54, 1.807) is 12.3 Å². The molecule has 1 fully saturated rings. The standard InChI is InChI=1S/C21H29ClN8O3/c1-2-3-4-24-20-27-17(23)16-18(28-20)30(21(31)26-16)13-14-11-15(22)19(25-12-14)33-10-7-29-5-8-32-9-6-29/h11-12H,2-10,13H2,1H3,(H,26,31)(H3,23,24,27,28). The molecule has 3 aromatic rings. The highest BCUT2D eigenvalue weighted by atomic mass is 35.5. The third kappa shape index (κ3) is 5.73. The summed E-state index contributed by atoms with van der Waals surface area (Å²) in [7, 11) is 0. The maximum atomic E-state index is 12.6. The first-order valence-corrected chi connectivity index (χ1v) is 11.5. The van der Waals surface area contributed by atoms with Crippen molar-refractivity contribution in [3.63, 3.8) is 0 Å². The van der Waals surface area contributed by atoms with Gasteiger partial charge in [0, 0.05) is 32.4 Å². The molecule has 1 saturated heterocycles. The molecule has 0 radical (unpaired) electrons. The van der Waals surface area contributed by atoms with Crippen LogP contribution in [-0.2, 0) is 11.3 Å². The average Bonchev–Trinajstić information content (AvgIpc) is 3.12. The summed E-state index contributed by atoms with van der Waals surface area (Å²) in [6.45, 7) is 7.60. The van der Waals surface area contributed by atoms with E-state index in [-0.39, 0.29) is 18.1 Å². The van der Waals surface area contributed by atoms with Gasteiger partial charge in [0.15, 0.2) is 11.5 Å². The fourth-order valence-corrected chi connectivity index (χ4v) is 3.83. The summed E-state index contributed by atoms with van der Waals surface area (Å²) < 4.78 is 12.6. The number of pyridine rings is 1. The number of unbranched alkanes of at least 4 members (excludes halogenated alkanes) is 1. The van der Waals surface area contributed by atoms with Gasteiger partial charge < -0.3 is 25.5 Å². The molecule has 1 aliphatic heterocycles. The van der Waals surface area contributed by atoms with E-state index < -0.39 is 0 Å². The van der Waals surface area contributed by atoms with E-state index in [1.165, 1.54) is 4.57 Å². The van der Waals surface area contributed by atoms with Crippen molar-refractivity contribution in [1.29, 1.82) is 0 Å². The summed E-state index contributed by atoms with van der Waals surface area (Å²) in [4.78, 5) is 30.7. The number of anilines is 2. The Hall–Kier alpha value is -2.89. The Bertz CT molecular complexity index is 1140. The average molecular weight is 477 g/mol. The second-order valence-corrected chi connectivity index (χ2v) is 8.27. The number of aromatic amines is 1. The number of aromatic nitrogens is 5. The van der Waals surface area contributed by atoms with E-state index in [1.807, 2.05) is 0 Å². The number of morpholine rings is 1. The summed E-state index contributed by atoms with van der Waals surface area (Å²) in [6.07, 6.45) is 3.67. The van der Waals surface area contributed by atoms with Gasteiger partial charge in [-0.2, -0.15) is 9.97 Å². The number of hydrogen-bond donors (Lipinski definition) is 3. The Morgan fingerprint density at radius 1 is 1.33 bits per heavy atom. The number of fused-ring (bicyclic) bond motifs is 1. The number of nitrogens with zero attached hydrogens (tertiary/aromatic N) is 5. The lowest BCUT2D eigenvalue weighted by atomic mass is 10.3. The predicted octanol–water partition coefficient (Wildman–Crippen LogP) is 1.72. The van der Waals surface area contributed by atoms with Gasteiger partial charge in [0.25, 0.3) is 0 Å². The summed E-state index contributed by atoms with van der Waals surface area (Å²) in [5.41, 5.74) is 7.28. The van der Waals surface area contributed by atoms with Gasteiger partial charge in [0.1, 0.15) is 17.1 Å². The van der Waals surface area contributed by atoms with Crippen LogP contribution in [0.3, 0.4) is 0 Å². The molecule has 12 heteroatoms. The highest BCUT2D eigenvalue weighted by molar-refractivity contribution is 6.31. The van der Waals surface area contributed by atoms with Crippen LogP contribution in [0.1, 0.15) is 25.3 Å². The normalized spacial score (nSPS) is 14.6. The van der Waals surface area contributed by atoms with Gasteiger partial charge in [0.05, 0.1) is 19.8 Å². The third-order valence-corrected chi connectivity index (χ3v) is 5.69. The van der Waals surface area contributed by atoms with Crippen LogP contribution in [0.15, 0.2) is 17.1 Å². The summed E-state index contributed by atoms with van der Waals surface area (Å²) in [5, 5.41) is 3.53. The summed E-state index contributed by atoms with van der Waals surface area (Å²) >= 11 is 6.40. The molecule has 4 rings (SSSR count). The lowest BCUT2D eigenvalue weighted by Crippen LogP contribution is -2.38. The Morgan fingerprint density at radius 2 is 2.15 bits per heavy atom. The quantitative estimate of drug-likeness (QED) is 0.373. The van der Waals surface area contributed by atoms with Gasteiger partial charge in [-0.25, -0.2) is 9.78 Å². The molecule has 33 heavy (non-hydrogen) atoms. The zero-order chi connectivity index (χ0) is 23.2. The molecule has 3 aromatic heterocycles. The number of imidazole rings is 1. The van der Waals surface area contributed by atoms with Gasteiger partial charge >= 0.3 is 5.69 Å². The molecule has 0 aliphatic carbocycles. The van der Waals surface area contributed by atoms with Crippen LogP contribution in [0.4, 0.5) is 11.8 Å². The molecule has 4 heterocycles. The molecule has 0 amide bonds. The minimum Gasteiger partial charge on any atom is -0.475 e. The van der Waals surface area contributed by atoms with Crippen molar-refractivity contribution in [2.45, 2.75) is 26.3 Å². The number of nitrogens with two attached hydrogens (primary N) is 1. The Labute approximate surface area is 196 Å². The number of H-pyrrole nitrogens is 1. The highest BCUT2D eigenvalue weighted by Crippen LogP contribution is 2.24. The Kier molecular flexibility index (Phi) is 7.63. The Balaban J connectivity index is 1.46. The number of nitrogen functional groups attached to an aromatic ring is 1. The van der Waals surface area contributed by atoms with Gasteiger partial charge in [-0.3, -0.25) is 9.47 Å². The number of ether oxygens (including phenoxy) is 2. The van der Waals surface area contributed by atoms with E-state index in [2.05, 4.69) is 37.1 Å². The molecule has 0 atom stereocenters. The van der Waals surface area contributed by atoms with Gasteiger partial charge in [0.2, 0.25) is 11.8 Å². The monoisotopic (exact) mass is 476 g/mol. The number of rotatable bonds is 10. The van der Waals surface area contributed by atoms with Crippen molar-refractivity contribution in [3.8, 4) is 5.88 Å². The molecule has 178 valence electrons. The number of halogens is 1. The zero-order valence-electron chi connectivity index (χ0n) is 18.6. The molecule has 4 N–H and O–H groups in total. The largest absolute Gasteiger partial charge is 0.475 e. The van der Waals surface area contributed by atoms with Gasteiger partial charge in [-0.15, -0.1) is 0 Å². The SMILES string of the molecule is CCCCNc1nc(N)c2[nH]c(=O)n(Cc3cnc(OCCN4CCOCC4)c(Cl)c3)c2n1. The fraction of sp³-hybridized carbons (Fsp3) is 0.524. The van der Waals surface area contributed by atoms with Crippen LogP contribution in [0.25, 0.3) is 11.2 Å². The maximum Gasteiger partial charge on any atom is 0.328 e. The van der Waals surface area contributed by atoms with E-state index in [0.717, 1.165) is 57.8 Å². The first-order valence-electron chi connectivity index (χ1n) is 11.1. The van der Waals surface area contributed by atoms with Crippen LogP contribution in [0.2, 0.25) is 5.02 Å². The maximum absolute atomic E-state index is 12.6. The smallest absolute Gasteiger partial charge is 0.328 e. The first-order chi connectivity index (χ1) is 16.0. The van der Waals surface area contributed by atoms with Crippen molar-refractivity contribution in [2.75, 3.05) is 57.1 Å². The molecular formula is C21H29ClN8O3. The van der Waals surface area contributed by atoms with Crippen molar-refractivity contribution in [1.82, 2.24) is 29.4 Å². The van der Waals surface area contributed by atoms with Gasteiger partial charge in [-0.1, -0.05) is 24.9 Å². The summed E-state index contributed by atoms with van der Waals surface area (Å²) in [5.74, 6) is 0.977. The molecule has 1 aliphatic rings. The van der Waals surface area contributed by atoms with Crippen LogP contribution in [0, 0.1) is 0 Å². The van der Waals surface area contributed by atoms with E-state index in [0.29, 0.717) is 34.6 Å². The molecule has 0 bridgehead atoms. The van der Waals surface area contributed by atoms with E-state index >= 15 is 0 Å². The lowest BCUT2D eigenvalue weighted by molar-refractivity contribution is 0.0320. The van der Waals surface area contributed by atoms with Crippen LogP contribution < -0.4 is 21.5 Å². The van der Waals surface area contributed by atoms with E-state index in [4.69, 9.17) is 26.8 Å². The van der Waals surface area contributed by atoms with Crippen molar-refractivity contribution in [3.05, 3.63) is 33.3 Å². The minimum absolute atomic E-state index is 0.218. The summed E-state index contributed by atoms with van der Waals surface area (Å²) in [6, 6.07) is 1.74. The predicted molar refractivity (Wildman–Crippen MR) is 127 cm³/mol. The van der Waals surface area contributed by atoms with E-state index in [9.17, 15) is 4.79 Å². The van der Waals surface area contributed by atoms with Crippen LogP contribution in [0.5, 0.6) is 5.88 Å². The van der Waals surface area contributed by atoms with Gasteiger partial charge in [-0.05, 0) is 18.1 Å². The minimum atomic E-state index is -0.335. The lowest BCUT2D eigenvalue weighted by Gasteiger charge is -2.26. The number of hydrogen-bond acceptors (Lipinski definition) is 9. The molecule has 0 spiro atoms. The third-order valence-electron chi connectivity index (χ3n) is 5.42. The zero-order valence-corrected chi connectivity index (χ0v) is 19.4. The highest BCUT2D eigenvalue weighted by Gasteiger charge is 2.16. The second kappa shape index (κ2) is 10.8. The second-order valence-electron chi connectivity index (χ2n) is 7.86. The van der Waals surface area contributed by atoms with Crippen molar-refractivity contribution >= 4 is 34.5 Å². The fourth-order valence-electron chi connectivity index (χ4n) is 3.59. The molecular weight excluding hydrogens is 448 g/mol. The number of nitrogens with one attached hydrogen (secondary N) is 2. The van der Waals surface area contributed by atoms with Crippen LogP contribution in [-0.4, -0.2) is 75.4 Å². The molecule has 0 aromatic carbocycles. The molecule has 11 nitrogen and oxygen atoms in total. The molecule has 0 saturated carbocycles. The topological polar surface area (TPSA) is 136 Å². The Morgan fingerprint density at radius 3 is 2.91 bits per heavy atom. The van der Waals surface area contributed by atoms with Crippen molar-refractivity contribution < 1.29 is 9.47 Å². The molecule has 0 unspecified atom stereocenters.